The molecule has 0 saturated carbocycles. The highest BCUT2D eigenvalue weighted by atomic mass is 16.5. The van der Waals surface area contributed by atoms with Crippen molar-refractivity contribution in [2.45, 2.75) is 52.4 Å². The first-order chi connectivity index (χ1) is 7.44. The Hall–Kier alpha value is -0.870. The normalized spacial score (nSPS) is 12.4. The standard InChI is InChI=1S/C12H23N3O/c1-10(2)14-7-11-6-13-9-15(11)8-12(3,4)16-5/h6,9-10,14H,7-8H2,1-5H3. The van der Waals surface area contributed by atoms with Crippen molar-refractivity contribution in [1.82, 2.24) is 14.9 Å². The molecule has 0 spiro atoms. The van der Waals surface area contributed by atoms with E-state index in [0.29, 0.717) is 6.04 Å². The van der Waals surface area contributed by atoms with Crippen LogP contribution in [0.5, 0.6) is 0 Å². The smallest absolute Gasteiger partial charge is 0.0949 e. The molecule has 0 aliphatic rings. The summed E-state index contributed by atoms with van der Waals surface area (Å²) in [5, 5.41) is 3.39. The average Bonchev–Trinajstić information content (AvgIpc) is 2.61. The van der Waals surface area contributed by atoms with Crippen LogP contribution >= 0.6 is 0 Å². The summed E-state index contributed by atoms with van der Waals surface area (Å²) in [4.78, 5) is 4.19. The minimum atomic E-state index is -0.159. The second-order valence-corrected chi connectivity index (χ2v) is 5.01. The van der Waals surface area contributed by atoms with Gasteiger partial charge in [0.2, 0.25) is 0 Å². The van der Waals surface area contributed by atoms with Crippen molar-refractivity contribution in [3.63, 3.8) is 0 Å². The molecular formula is C12H23N3O. The highest BCUT2D eigenvalue weighted by Gasteiger charge is 2.18. The first kappa shape index (κ1) is 13.2. The van der Waals surface area contributed by atoms with Gasteiger partial charge >= 0.3 is 0 Å². The summed E-state index contributed by atoms with van der Waals surface area (Å²) in [7, 11) is 1.74. The van der Waals surface area contributed by atoms with Crippen LogP contribution in [0.15, 0.2) is 12.5 Å². The summed E-state index contributed by atoms with van der Waals surface area (Å²) >= 11 is 0. The summed E-state index contributed by atoms with van der Waals surface area (Å²) in [5.74, 6) is 0. The Morgan fingerprint density at radius 2 is 2.19 bits per heavy atom. The predicted octanol–water partition coefficient (Wildman–Crippen LogP) is 1.81. The molecule has 92 valence electrons. The lowest BCUT2D eigenvalue weighted by atomic mass is 10.1. The molecule has 1 aromatic heterocycles. The molecule has 1 heterocycles. The van der Waals surface area contributed by atoms with E-state index in [1.165, 1.54) is 5.69 Å². The van der Waals surface area contributed by atoms with Crippen LogP contribution in [0.3, 0.4) is 0 Å². The number of rotatable bonds is 6. The van der Waals surface area contributed by atoms with E-state index >= 15 is 0 Å². The lowest BCUT2D eigenvalue weighted by Crippen LogP contribution is -2.31. The number of hydrogen-bond donors (Lipinski definition) is 1. The maximum absolute atomic E-state index is 5.42. The van der Waals surface area contributed by atoms with Crippen LogP contribution in [-0.4, -0.2) is 28.3 Å². The molecule has 0 amide bonds. The fourth-order valence-corrected chi connectivity index (χ4v) is 1.42. The van der Waals surface area contributed by atoms with Gasteiger partial charge in [-0.2, -0.15) is 0 Å². The van der Waals surface area contributed by atoms with Crippen LogP contribution in [0.1, 0.15) is 33.4 Å². The Balaban J connectivity index is 2.63. The number of methoxy groups -OCH3 is 1. The molecule has 0 aromatic carbocycles. The second-order valence-electron chi connectivity index (χ2n) is 5.01. The Bertz CT molecular complexity index is 318. The first-order valence-corrected chi connectivity index (χ1v) is 5.72. The molecule has 0 bridgehead atoms. The molecule has 1 aromatic rings. The molecule has 0 unspecified atom stereocenters. The van der Waals surface area contributed by atoms with E-state index in [1.54, 1.807) is 7.11 Å². The van der Waals surface area contributed by atoms with Crippen LogP contribution in [0.25, 0.3) is 0 Å². The van der Waals surface area contributed by atoms with E-state index in [0.717, 1.165) is 13.1 Å². The number of aromatic nitrogens is 2. The molecule has 1 rings (SSSR count). The van der Waals surface area contributed by atoms with Crippen LogP contribution in [0.2, 0.25) is 0 Å². The van der Waals surface area contributed by atoms with E-state index < -0.39 is 0 Å². The van der Waals surface area contributed by atoms with E-state index in [9.17, 15) is 0 Å². The van der Waals surface area contributed by atoms with Crippen molar-refractivity contribution < 1.29 is 4.74 Å². The molecule has 0 fully saturated rings. The number of nitrogens with zero attached hydrogens (tertiary/aromatic N) is 2. The largest absolute Gasteiger partial charge is 0.377 e. The van der Waals surface area contributed by atoms with E-state index in [1.807, 2.05) is 12.5 Å². The highest BCUT2D eigenvalue weighted by molar-refractivity contribution is 4.99. The molecule has 0 atom stereocenters. The quantitative estimate of drug-likeness (QED) is 0.802. The minimum Gasteiger partial charge on any atom is -0.377 e. The van der Waals surface area contributed by atoms with Gasteiger partial charge in [0.15, 0.2) is 0 Å². The predicted molar refractivity (Wildman–Crippen MR) is 65.3 cm³/mol. The van der Waals surface area contributed by atoms with Gasteiger partial charge in [-0.1, -0.05) is 13.8 Å². The van der Waals surface area contributed by atoms with Crippen LogP contribution in [0, 0.1) is 0 Å². The van der Waals surface area contributed by atoms with Gasteiger partial charge in [-0.15, -0.1) is 0 Å². The molecule has 4 heteroatoms. The van der Waals surface area contributed by atoms with Crippen molar-refractivity contribution in [1.29, 1.82) is 0 Å². The van der Waals surface area contributed by atoms with Gasteiger partial charge in [-0.3, -0.25) is 0 Å². The summed E-state index contributed by atoms with van der Waals surface area (Å²) in [6.07, 6.45) is 3.76. The van der Waals surface area contributed by atoms with Crippen molar-refractivity contribution in [3.05, 3.63) is 18.2 Å². The molecule has 1 N–H and O–H groups in total. The van der Waals surface area contributed by atoms with Gasteiger partial charge in [0.05, 0.1) is 24.2 Å². The Morgan fingerprint density at radius 1 is 1.50 bits per heavy atom. The fourth-order valence-electron chi connectivity index (χ4n) is 1.42. The monoisotopic (exact) mass is 225 g/mol. The van der Waals surface area contributed by atoms with Crippen LogP contribution < -0.4 is 5.32 Å². The maximum atomic E-state index is 5.42. The van der Waals surface area contributed by atoms with Gasteiger partial charge < -0.3 is 14.6 Å². The third kappa shape index (κ3) is 3.94. The summed E-state index contributed by atoms with van der Waals surface area (Å²) in [6, 6.07) is 0.485. The van der Waals surface area contributed by atoms with Crippen LogP contribution in [0.4, 0.5) is 0 Å². The Morgan fingerprint density at radius 3 is 2.75 bits per heavy atom. The maximum Gasteiger partial charge on any atom is 0.0949 e. The summed E-state index contributed by atoms with van der Waals surface area (Å²) in [6.45, 7) is 10.1. The van der Waals surface area contributed by atoms with Crippen molar-refractivity contribution in [2.75, 3.05) is 7.11 Å². The van der Waals surface area contributed by atoms with Gasteiger partial charge in [0, 0.05) is 25.9 Å². The zero-order chi connectivity index (χ0) is 12.2. The van der Waals surface area contributed by atoms with Crippen molar-refractivity contribution in [3.8, 4) is 0 Å². The molecule has 0 saturated heterocycles. The highest BCUT2D eigenvalue weighted by Crippen LogP contribution is 2.12. The number of hydrogen-bond acceptors (Lipinski definition) is 3. The number of imidazole rings is 1. The zero-order valence-corrected chi connectivity index (χ0v) is 10.9. The average molecular weight is 225 g/mol. The molecule has 0 aliphatic carbocycles. The lowest BCUT2D eigenvalue weighted by Gasteiger charge is -2.24. The topological polar surface area (TPSA) is 39.1 Å². The molecular weight excluding hydrogens is 202 g/mol. The van der Waals surface area contributed by atoms with Gasteiger partial charge in [-0.05, 0) is 13.8 Å². The molecule has 0 aliphatic heterocycles. The fraction of sp³-hybridized carbons (Fsp3) is 0.750. The molecule has 0 radical (unpaired) electrons. The molecule has 16 heavy (non-hydrogen) atoms. The van der Waals surface area contributed by atoms with E-state index in [2.05, 4.69) is 42.6 Å². The zero-order valence-electron chi connectivity index (χ0n) is 10.9. The SMILES string of the molecule is COC(C)(C)Cn1cncc1CNC(C)C. The third-order valence-corrected chi connectivity index (χ3v) is 2.59. The first-order valence-electron chi connectivity index (χ1n) is 5.72. The van der Waals surface area contributed by atoms with Gasteiger partial charge in [-0.25, -0.2) is 4.98 Å². The van der Waals surface area contributed by atoms with Crippen molar-refractivity contribution >= 4 is 0 Å². The van der Waals surface area contributed by atoms with Crippen molar-refractivity contribution in [2.24, 2.45) is 0 Å². The Labute approximate surface area is 98.0 Å². The van der Waals surface area contributed by atoms with Crippen LogP contribution in [-0.2, 0) is 17.8 Å². The lowest BCUT2D eigenvalue weighted by molar-refractivity contribution is 0.00751. The number of ether oxygens (including phenoxy) is 1. The van der Waals surface area contributed by atoms with Gasteiger partial charge in [0.25, 0.3) is 0 Å². The van der Waals surface area contributed by atoms with E-state index in [4.69, 9.17) is 4.74 Å². The third-order valence-electron chi connectivity index (χ3n) is 2.59. The number of nitrogens with one attached hydrogen (secondary N) is 1. The summed E-state index contributed by atoms with van der Waals surface area (Å²) < 4.78 is 7.56. The minimum absolute atomic E-state index is 0.159. The second kappa shape index (κ2) is 5.46. The molecule has 4 nitrogen and oxygen atoms in total. The van der Waals surface area contributed by atoms with Gasteiger partial charge in [0.1, 0.15) is 0 Å². The summed E-state index contributed by atoms with van der Waals surface area (Å²) in [5.41, 5.74) is 1.03. The van der Waals surface area contributed by atoms with E-state index in [-0.39, 0.29) is 5.60 Å². The Kier molecular flexibility index (Phi) is 4.50.